The Bertz CT molecular complexity index is 2150. The summed E-state index contributed by atoms with van der Waals surface area (Å²) < 4.78 is 1.15. The lowest BCUT2D eigenvalue weighted by Crippen LogP contribution is -2.11. The van der Waals surface area contributed by atoms with Gasteiger partial charge in [-0.1, -0.05) is 123 Å². The van der Waals surface area contributed by atoms with E-state index in [1.54, 1.807) is 23.6 Å². The van der Waals surface area contributed by atoms with Gasteiger partial charge < -0.3 is 5.11 Å². The molecular weight excluding hydrogens is 605 g/mol. The molecular formula is C44H46N2OS. The molecule has 0 atom stereocenters. The molecule has 0 aliphatic rings. The van der Waals surface area contributed by atoms with E-state index in [1.165, 1.54) is 22.3 Å². The normalized spacial score (nSPS) is 12.7. The van der Waals surface area contributed by atoms with E-state index < -0.39 is 0 Å². The summed E-state index contributed by atoms with van der Waals surface area (Å²) in [6, 6.07) is 36.3. The molecule has 6 aromatic rings. The maximum Gasteiger partial charge on any atom is 0.126 e. The van der Waals surface area contributed by atoms with Crippen molar-refractivity contribution >= 4 is 33.5 Å². The predicted molar refractivity (Wildman–Crippen MR) is 207 cm³/mol. The molecule has 4 heteroatoms. The van der Waals surface area contributed by atoms with Crippen LogP contribution in [0.5, 0.6) is 5.75 Å². The summed E-state index contributed by atoms with van der Waals surface area (Å²) in [5, 5.41) is 11.6. The second-order valence-electron chi connectivity index (χ2n) is 15.9. The topological polar surface area (TPSA) is 45.5 Å². The van der Waals surface area contributed by atoms with Gasteiger partial charge in [-0.2, -0.15) is 0 Å². The van der Waals surface area contributed by atoms with Crippen LogP contribution in [0, 0.1) is 0 Å². The van der Waals surface area contributed by atoms with Crippen LogP contribution < -0.4 is 0 Å². The molecule has 0 spiro atoms. The Labute approximate surface area is 290 Å². The molecule has 0 bridgehead atoms. The maximum atomic E-state index is 10.6. The zero-order valence-corrected chi connectivity index (χ0v) is 30.5. The van der Waals surface area contributed by atoms with Crippen LogP contribution in [-0.4, -0.2) is 16.3 Å². The number of phenols is 1. The molecule has 5 aromatic carbocycles. The van der Waals surface area contributed by atoms with Gasteiger partial charge in [-0.25, -0.2) is 4.98 Å². The fourth-order valence-corrected chi connectivity index (χ4v) is 6.93. The molecule has 1 N–H and O–H groups in total. The average Bonchev–Trinajstić information content (AvgIpc) is 3.47. The lowest BCUT2D eigenvalue weighted by Gasteiger charge is -2.21. The highest BCUT2D eigenvalue weighted by atomic mass is 32.1. The summed E-state index contributed by atoms with van der Waals surface area (Å²) in [7, 11) is 0. The van der Waals surface area contributed by atoms with Crippen molar-refractivity contribution in [1.29, 1.82) is 0 Å². The summed E-state index contributed by atoms with van der Waals surface area (Å²) in [6.45, 7) is 20.1. The molecule has 0 aliphatic heterocycles. The van der Waals surface area contributed by atoms with Gasteiger partial charge in [-0.15, -0.1) is 11.3 Å². The number of rotatable bonds is 5. The predicted octanol–water partition coefficient (Wildman–Crippen LogP) is 12.6. The lowest BCUT2D eigenvalue weighted by molar-refractivity contribution is 0.473. The van der Waals surface area contributed by atoms with Gasteiger partial charge in [-0.05, 0) is 92.1 Å². The fourth-order valence-electron chi connectivity index (χ4n) is 5.86. The number of aliphatic imine (C=N–C) groups is 1. The van der Waals surface area contributed by atoms with Crippen LogP contribution in [0.25, 0.3) is 43.0 Å². The first-order chi connectivity index (χ1) is 22.6. The van der Waals surface area contributed by atoms with Gasteiger partial charge >= 0.3 is 0 Å². The number of fused-ring (bicyclic) bond motifs is 1. The van der Waals surface area contributed by atoms with Crippen molar-refractivity contribution in [3.8, 4) is 38.6 Å². The quantitative estimate of drug-likeness (QED) is 0.189. The number of benzene rings is 5. The Kier molecular flexibility index (Phi) is 8.68. The van der Waals surface area contributed by atoms with E-state index >= 15 is 0 Å². The standard InChI is InChI=1S/C44H46N2OS/c1-42(2,3)32-17-13-15-29(23-32)28-14-12-16-30(22-28)36-25-34(44(7,8)9)26-39-40(36)46-41(48-39)35-18-10-11-19-37(35)45-27-31-24-33(43(4,5)6)20-21-38(31)47/h10-27,47H,1-9H3. The smallest absolute Gasteiger partial charge is 0.126 e. The number of para-hydroxylation sites is 1. The first-order valence-corrected chi connectivity index (χ1v) is 17.5. The van der Waals surface area contributed by atoms with Crippen LogP contribution in [0.1, 0.15) is 84.6 Å². The summed E-state index contributed by atoms with van der Waals surface area (Å²) in [6.07, 6.45) is 1.76. The molecule has 244 valence electrons. The van der Waals surface area contributed by atoms with Crippen molar-refractivity contribution < 1.29 is 5.11 Å². The van der Waals surface area contributed by atoms with E-state index in [4.69, 9.17) is 9.98 Å². The molecule has 1 aromatic heterocycles. The third kappa shape index (κ3) is 7.00. The number of nitrogens with zero attached hydrogens (tertiary/aromatic N) is 2. The minimum Gasteiger partial charge on any atom is -0.507 e. The highest BCUT2D eigenvalue weighted by molar-refractivity contribution is 7.21. The van der Waals surface area contributed by atoms with Gasteiger partial charge in [0.15, 0.2) is 0 Å². The van der Waals surface area contributed by atoms with Crippen molar-refractivity contribution in [2.75, 3.05) is 0 Å². The highest BCUT2D eigenvalue weighted by Gasteiger charge is 2.21. The molecule has 0 saturated heterocycles. The molecule has 0 radical (unpaired) electrons. The number of aromatic nitrogens is 1. The maximum absolute atomic E-state index is 10.6. The third-order valence-corrected chi connectivity index (χ3v) is 10.0. The van der Waals surface area contributed by atoms with Crippen LogP contribution >= 0.6 is 11.3 Å². The molecule has 0 fully saturated rings. The van der Waals surface area contributed by atoms with Crippen LogP contribution in [0.15, 0.2) is 108 Å². The van der Waals surface area contributed by atoms with Crippen LogP contribution in [0.4, 0.5) is 5.69 Å². The average molecular weight is 651 g/mol. The Morgan fingerprint density at radius 1 is 0.583 bits per heavy atom. The van der Waals surface area contributed by atoms with Crippen molar-refractivity contribution in [1.82, 2.24) is 4.98 Å². The number of hydrogen-bond donors (Lipinski definition) is 1. The summed E-state index contributed by atoms with van der Waals surface area (Å²) in [5.74, 6) is 0.218. The molecule has 1 heterocycles. The minimum absolute atomic E-state index is 0.0302. The monoisotopic (exact) mass is 650 g/mol. The number of aromatic hydroxyl groups is 1. The summed E-state index contributed by atoms with van der Waals surface area (Å²) in [5.41, 5.74) is 12.0. The fraction of sp³-hybridized carbons (Fsp3) is 0.273. The second kappa shape index (κ2) is 12.5. The van der Waals surface area contributed by atoms with E-state index in [2.05, 4.69) is 129 Å². The SMILES string of the molecule is CC(C)(C)c1cccc(-c2cccc(-c3cc(C(C)(C)C)cc4sc(-c5ccccc5N=Cc5cc(C(C)(C)C)ccc5O)nc34)c2)c1. The molecule has 0 aliphatic carbocycles. The zero-order chi connectivity index (χ0) is 34.4. The van der Waals surface area contributed by atoms with Gasteiger partial charge in [0, 0.05) is 22.9 Å². The third-order valence-electron chi connectivity index (χ3n) is 8.97. The second-order valence-corrected chi connectivity index (χ2v) is 16.9. The number of hydrogen-bond acceptors (Lipinski definition) is 4. The Balaban J connectivity index is 1.46. The van der Waals surface area contributed by atoms with Crippen molar-refractivity contribution in [3.05, 3.63) is 125 Å². The zero-order valence-electron chi connectivity index (χ0n) is 29.6. The number of phenolic OH excluding ortho intramolecular Hbond substituents is 1. The highest BCUT2D eigenvalue weighted by Crippen LogP contribution is 2.42. The summed E-state index contributed by atoms with van der Waals surface area (Å²) >= 11 is 1.71. The molecule has 0 amide bonds. The van der Waals surface area contributed by atoms with E-state index in [1.807, 2.05) is 30.3 Å². The van der Waals surface area contributed by atoms with Crippen LogP contribution in [0.2, 0.25) is 0 Å². The van der Waals surface area contributed by atoms with Gasteiger partial charge in [0.25, 0.3) is 0 Å². The van der Waals surface area contributed by atoms with Crippen LogP contribution in [-0.2, 0) is 16.2 Å². The lowest BCUT2D eigenvalue weighted by atomic mass is 9.84. The molecule has 0 saturated carbocycles. The Morgan fingerprint density at radius 3 is 1.92 bits per heavy atom. The minimum atomic E-state index is -0.0329. The molecule has 6 rings (SSSR count). The van der Waals surface area contributed by atoms with Crippen molar-refractivity contribution in [2.45, 2.75) is 78.6 Å². The first kappa shape index (κ1) is 33.4. The van der Waals surface area contributed by atoms with Gasteiger partial charge in [0.2, 0.25) is 0 Å². The molecule has 0 unspecified atom stereocenters. The van der Waals surface area contributed by atoms with Gasteiger partial charge in [0.1, 0.15) is 10.8 Å². The van der Waals surface area contributed by atoms with Gasteiger partial charge in [0.05, 0.1) is 15.9 Å². The molecule has 48 heavy (non-hydrogen) atoms. The van der Waals surface area contributed by atoms with E-state index in [9.17, 15) is 5.11 Å². The molecule has 3 nitrogen and oxygen atoms in total. The van der Waals surface area contributed by atoms with Crippen LogP contribution in [0.3, 0.4) is 0 Å². The number of thiazole rings is 1. The Hall–Kier alpha value is -4.54. The van der Waals surface area contributed by atoms with Crippen molar-refractivity contribution in [2.24, 2.45) is 4.99 Å². The Morgan fingerprint density at radius 2 is 1.21 bits per heavy atom. The van der Waals surface area contributed by atoms with E-state index in [-0.39, 0.29) is 22.0 Å². The first-order valence-electron chi connectivity index (χ1n) is 16.7. The van der Waals surface area contributed by atoms with E-state index in [0.29, 0.717) is 5.56 Å². The van der Waals surface area contributed by atoms with Crippen molar-refractivity contribution in [3.63, 3.8) is 0 Å². The summed E-state index contributed by atoms with van der Waals surface area (Å²) in [4.78, 5) is 10.2. The van der Waals surface area contributed by atoms with Gasteiger partial charge in [-0.3, -0.25) is 4.99 Å². The van der Waals surface area contributed by atoms with E-state index in [0.717, 1.165) is 43.2 Å². The largest absolute Gasteiger partial charge is 0.507 e.